The maximum atomic E-state index is 4.54. The second-order valence-electron chi connectivity index (χ2n) is 7.63. The van der Waals surface area contributed by atoms with E-state index in [0.29, 0.717) is 0 Å². The molecule has 4 rings (SSSR count). The normalized spacial score (nSPS) is 19.5. The van der Waals surface area contributed by atoms with Crippen molar-refractivity contribution in [1.29, 1.82) is 0 Å². The minimum Gasteiger partial charge on any atom is -0.354 e. The van der Waals surface area contributed by atoms with Crippen molar-refractivity contribution >= 4 is 17.7 Å². The van der Waals surface area contributed by atoms with Crippen LogP contribution in [0.5, 0.6) is 0 Å². The maximum absolute atomic E-state index is 4.54. The number of aromatic nitrogens is 2. The summed E-state index contributed by atoms with van der Waals surface area (Å²) in [5, 5.41) is 0. The van der Waals surface area contributed by atoms with E-state index in [-0.39, 0.29) is 0 Å². The van der Waals surface area contributed by atoms with Crippen LogP contribution in [0.25, 0.3) is 6.08 Å². The van der Waals surface area contributed by atoms with Gasteiger partial charge in [-0.2, -0.15) is 0 Å². The predicted molar refractivity (Wildman–Crippen MR) is 116 cm³/mol. The number of piperazine rings is 2. The van der Waals surface area contributed by atoms with Gasteiger partial charge in [-0.25, -0.2) is 9.97 Å². The Morgan fingerprint density at radius 2 is 1.43 bits per heavy atom. The number of anilines is 2. The summed E-state index contributed by atoms with van der Waals surface area (Å²) < 4.78 is 0. The van der Waals surface area contributed by atoms with Crippen molar-refractivity contribution in [2.75, 3.05) is 75.8 Å². The summed E-state index contributed by atoms with van der Waals surface area (Å²) >= 11 is 0. The average Bonchev–Trinajstić information content (AvgIpc) is 2.76. The molecule has 2 saturated heterocycles. The summed E-state index contributed by atoms with van der Waals surface area (Å²) in [6.07, 6.45) is 6.19. The van der Waals surface area contributed by atoms with Crippen LogP contribution in [0.1, 0.15) is 5.56 Å². The lowest BCUT2D eigenvalue weighted by Gasteiger charge is -2.36. The molecule has 0 radical (unpaired) electrons. The molecule has 3 heterocycles. The molecule has 0 amide bonds. The maximum Gasteiger partial charge on any atom is 0.134 e. The Labute approximate surface area is 168 Å². The lowest BCUT2D eigenvalue weighted by molar-refractivity contribution is 0.283. The van der Waals surface area contributed by atoms with E-state index in [0.717, 1.165) is 70.5 Å². The highest BCUT2D eigenvalue weighted by molar-refractivity contribution is 5.51. The van der Waals surface area contributed by atoms with E-state index in [2.05, 4.69) is 85.2 Å². The summed E-state index contributed by atoms with van der Waals surface area (Å²) in [5.74, 6) is 2.12. The Kier molecular flexibility index (Phi) is 6.19. The SMILES string of the molecule is CN1CCN(c2cc(N3CCN(C/C=C/c4ccccc4)CC3)ncn2)CC1. The van der Waals surface area contributed by atoms with Gasteiger partial charge in [-0.05, 0) is 12.6 Å². The molecule has 0 aliphatic carbocycles. The fraction of sp³-hybridized carbons (Fsp3) is 0.455. The average molecular weight is 379 g/mol. The summed E-state index contributed by atoms with van der Waals surface area (Å²) in [4.78, 5) is 18.7. The van der Waals surface area contributed by atoms with Gasteiger partial charge in [0.1, 0.15) is 18.0 Å². The molecule has 2 aromatic rings. The highest BCUT2D eigenvalue weighted by atomic mass is 15.3. The highest BCUT2D eigenvalue weighted by Crippen LogP contribution is 2.20. The Balaban J connectivity index is 1.29. The van der Waals surface area contributed by atoms with Gasteiger partial charge in [-0.3, -0.25) is 4.90 Å². The summed E-state index contributed by atoms with van der Waals surface area (Å²) in [5.41, 5.74) is 1.26. The number of benzene rings is 1. The van der Waals surface area contributed by atoms with Crippen molar-refractivity contribution in [3.8, 4) is 0 Å². The molecule has 2 fully saturated rings. The molecule has 0 atom stereocenters. The molecule has 6 heteroatoms. The lowest BCUT2D eigenvalue weighted by atomic mass is 10.2. The molecule has 148 valence electrons. The molecule has 0 bridgehead atoms. The first-order chi connectivity index (χ1) is 13.8. The number of rotatable bonds is 5. The highest BCUT2D eigenvalue weighted by Gasteiger charge is 2.20. The van der Waals surface area contributed by atoms with Crippen molar-refractivity contribution in [3.05, 3.63) is 54.4 Å². The van der Waals surface area contributed by atoms with Crippen LogP contribution in [0.3, 0.4) is 0 Å². The van der Waals surface area contributed by atoms with Crippen LogP contribution in [-0.4, -0.2) is 85.7 Å². The number of likely N-dealkylation sites (N-methyl/N-ethyl adjacent to an activating group) is 1. The molecular weight excluding hydrogens is 348 g/mol. The van der Waals surface area contributed by atoms with Gasteiger partial charge in [0.25, 0.3) is 0 Å². The van der Waals surface area contributed by atoms with Gasteiger partial charge < -0.3 is 14.7 Å². The second-order valence-corrected chi connectivity index (χ2v) is 7.63. The summed E-state index contributed by atoms with van der Waals surface area (Å²) in [6, 6.07) is 12.7. The molecule has 2 aliphatic heterocycles. The van der Waals surface area contributed by atoms with E-state index in [1.54, 1.807) is 6.33 Å². The van der Waals surface area contributed by atoms with Crippen LogP contribution in [0.4, 0.5) is 11.6 Å². The molecule has 1 aromatic heterocycles. The van der Waals surface area contributed by atoms with Gasteiger partial charge in [-0.15, -0.1) is 0 Å². The van der Waals surface area contributed by atoms with E-state index >= 15 is 0 Å². The molecule has 2 aliphatic rings. The standard InChI is InChI=1S/C22H30N6/c1-25-10-14-27(15-11-25)21-18-22(24-19-23-21)28-16-12-26(13-17-28)9-5-8-20-6-3-2-4-7-20/h2-8,18-19H,9-17H2,1H3/b8-5+. The van der Waals surface area contributed by atoms with Crippen LogP contribution in [0, 0.1) is 0 Å². The fourth-order valence-corrected chi connectivity index (χ4v) is 3.78. The van der Waals surface area contributed by atoms with Crippen molar-refractivity contribution in [1.82, 2.24) is 19.8 Å². The van der Waals surface area contributed by atoms with Gasteiger partial charge in [0.05, 0.1) is 0 Å². The van der Waals surface area contributed by atoms with E-state index in [1.165, 1.54) is 5.56 Å². The molecule has 0 saturated carbocycles. The molecule has 0 N–H and O–H groups in total. The van der Waals surface area contributed by atoms with Crippen molar-refractivity contribution in [2.45, 2.75) is 0 Å². The first-order valence-corrected chi connectivity index (χ1v) is 10.2. The largest absolute Gasteiger partial charge is 0.354 e. The van der Waals surface area contributed by atoms with Crippen LogP contribution in [0.15, 0.2) is 48.8 Å². The quantitative estimate of drug-likeness (QED) is 0.793. The van der Waals surface area contributed by atoms with Gasteiger partial charge in [0.15, 0.2) is 0 Å². The van der Waals surface area contributed by atoms with Gasteiger partial charge in [0.2, 0.25) is 0 Å². The minimum atomic E-state index is 0.999. The molecule has 1 aromatic carbocycles. The molecule has 0 unspecified atom stereocenters. The predicted octanol–water partition coefficient (Wildman–Crippen LogP) is 2.06. The monoisotopic (exact) mass is 378 g/mol. The van der Waals surface area contributed by atoms with Crippen LogP contribution in [0.2, 0.25) is 0 Å². The summed E-state index contributed by atoms with van der Waals surface area (Å²) in [7, 11) is 2.18. The number of nitrogens with zero attached hydrogens (tertiary/aromatic N) is 6. The number of hydrogen-bond donors (Lipinski definition) is 0. The van der Waals surface area contributed by atoms with Crippen LogP contribution in [-0.2, 0) is 0 Å². The van der Waals surface area contributed by atoms with Crippen molar-refractivity contribution in [2.24, 2.45) is 0 Å². The van der Waals surface area contributed by atoms with E-state index in [4.69, 9.17) is 0 Å². The Hall–Kier alpha value is -2.44. The third kappa shape index (κ3) is 4.88. The van der Waals surface area contributed by atoms with E-state index in [1.807, 2.05) is 0 Å². The lowest BCUT2D eigenvalue weighted by Crippen LogP contribution is -2.47. The first kappa shape index (κ1) is 18.9. The van der Waals surface area contributed by atoms with Gasteiger partial charge in [-0.1, -0.05) is 42.5 Å². The van der Waals surface area contributed by atoms with Crippen molar-refractivity contribution in [3.63, 3.8) is 0 Å². The topological polar surface area (TPSA) is 38.7 Å². The van der Waals surface area contributed by atoms with E-state index in [9.17, 15) is 0 Å². The minimum absolute atomic E-state index is 0.999. The third-order valence-corrected chi connectivity index (χ3v) is 5.64. The Bertz CT molecular complexity index is 762. The Morgan fingerprint density at radius 3 is 2.07 bits per heavy atom. The second kappa shape index (κ2) is 9.17. The zero-order valence-corrected chi connectivity index (χ0v) is 16.7. The zero-order valence-electron chi connectivity index (χ0n) is 16.7. The zero-order chi connectivity index (χ0) is 19.2. The van der Waals surface area contributed by atoms with Gasteiger partial charge in [0, 0.05) is 65.0 Å². The first-order valence-electron chi connectivity index (χ1n) is 10.2. The Morgan fingerprint density at radius 1 is 0.821 bits per heavy atom. The molecule has 6 nitrogen and oxygen atoms in total. The number of hydrogen-bond acceptors (Lipinski definition) is 6. The molecule has 0 spiro atoms. The van der Waals surface area contributed by atoms with Crippen molar-refractivity contribution < 1.29 is 0 Å². The molecule has 28 heavy (non-hydrogen) atoms. The van der Waals surface area contributed by atoms with E-state index < -0.39 is 0 Å². The smallest absolute Gasteiger partial charge is 0.134 e. The van der Waals surface area contributed by atoms with Crippen LogP contribution < -0.4 is 9.80 Å². The van der Waals surface area contributed by atoms with Gasteiger partial charge >= 0.3 is 0 Å². The van der Waals surface area contributed by atoms with Crippen LogP contribution >= 0.6 is 0 Å². The third-order valence-electron chi connectivity index (χ3n) is 5.64. The fourth-order valence-electron chi connectivity index (χ4n) is 3.78. The summed E-state index contributed by atoms with van der Waals surface area (Å²) in [6.45, 7) is 9.40. The molecular formula is C22H30N6.